The second kappa shape index (κ2) is 16.0. The third-order valence-corrected chi connectivity index (χ3v) is 11.3. The van der Waals surface area contributed by atoms with Gasteiger partial charge in [0.15, 0.2) is 17.5 Å². The van der Waals surface area contributed by atoms with E-state index in [4.69, 9.17) is 15.0 Å². The van der Waals surface area contributed by atoms with Crippen LogP contribution < -0.4 is 0 Å². The molecule has 0 saturated carbocycles. The SMILES string of the molecule is N#Cc1ccc(-c2nc(-c3ccc(-c4ccccc4)cc3)nc(-c3ccc(-c4ccc(-c5ccc(C#N)c6ccccc56)c(-c5ccc(C#N)c6ccccc56)c4)cc3)n2)cc1. The lowest BCUT2D eigenvalue weighted by Crippen LogP contribution is -2.00. The summed E-state index contributed by atoms with van der Waals surface area (Å²) in [6.07, 6.45) is 0. The van der Waals surface area contributed by atoms with Crippen molar-refractivity contribution < 1.29 is 0 Å². The summed E-state index contributed by atoms with van der Waals surface area (Å²) in [6.45, 7) is 0. The van der Waals surface area contributed by atoms with Gasteiger partial charge in [-0.3, -0.25) is 0 Å². The summed E-state index contributed by atoms with van der Waals surface area (Å²) in [5.41, 5.74) is 12.6. The zero-order chi connectivity index (χ0) is 42.0. The van der Waals surface area contributed by atoms with Crippen molar-refractivity contribution in [1.29, 1.82) is 15.8 Å². The van der Waals surface area contributed by atoms with Crippen molar-refractivity contribution in [2.75, 3.05) is 0 Å². The average molecular weight is 789 g/mol. The highest BCUT2D eigenvalue weighted by atomic mass is 15.0. The van der Waals surface area contributed by atoms with Crippen LogP contribution in [0.2, 0.25) is 0 Å². The Bertz CT molecular complexity index is 3460. The Balaban J connectivity index is 1.08. The Morgan fingerprint density at radius 3 is 1.13 bits per heavy atom. The molecule has 0 aliphatic rings. The van der Waals surface area contributed by atoms with E-state index in [-0.39, 0.29) is 0 Å². The Morgan fingerprint density at radius 2 is 0.645 bits per heavy atom. The molecule has 0 spiro atoms. The Labute approximate surface area is 358 Å². The van der Waals surface area contributed by atoms with Crippen molar-refractivity contribution in [1.82, 2.24) is 15.0 Å². The zero-order valence-corrected chi connectivity index (χ0v) is 33.2. The van der Waals surface area contributed by atoms with E-state index in [0.717, 1.165) is 82.7 Å². The first-order valence-electron chi connectivity index (χ1n) is 20.1. The molecule has 0 amide bonds. The molecule has 6 nitrogen and oxygen atoms in total. The third kappa shape index (κ3) is 6.89. The first-order chi connectivity index (χ1) is 30.6. The molecule has 0 atom stereocenters. The summed E-state index contributed by atoms with van der Waals surface area (Å²) in [5, 5.41) is 33.2. The van der Waals surface area contributed by atoms with E-state index in [1.54, 1.807) is 12.1 Å². The lowest BCUT2D eigenvalue weighted by Gasteiger charge is -2.17. The number of aromatic nitrogens is 3. The molecule has 0 unspecified atom stereocenters. The van der Waals surface area contributed by atoms with Crippen LogP contribution in [0.3, 0.4) is 0 Å². The van der Waals surface area contributed by atoms with Gasteiger partial charge in [-0.05, 0) is 97.7 Å². The fourth-order valence-electron chi connectivity index (χ4n) is 8.16. The zero-order valence-electron chi connectivity index (χ0n) is 33.2. The quantitative estimate of drug-likeness (QED) is 0.159. The number of hydrogen-bond acceptors (Lipinski definition) is 6. The molecule has 0 bridgehead atoms. The molecule has 62 heavy (non-hydrogen) atoms. The lowest BCUT2D eigenvalue weighted by atomic mass is 9.86. The van der Waals surface area contributed by atoms with Crippen LogP contribution >= 0.6 is 0 Å². The van der Waals surface area contributed by atoms with Gasteiger partial charge < -0.3 is 0 Å². The van der Waals surface area contributed by atoms with Crippen LogP contribution in [0.5, 0.6) is 0 Å². The minimum Gasteiger partial charge on any atom is -0.208 e. The van der Waals surface area contributed by atoms with E-state index in [2.05, 4.69) is 84.9 Å². The van der Waals surface area contributed by atoms with Gasteiger partial charge in [0.25, 0.3) is 0 Å². The van der Waals surface area contributed by atoms with Gasteiger partial charge in [-0.15, -0.1) is 0 Å². The maximum Gasteiger partial charge on any atom is 0.164 e. The predicted octanol–water partition coefficient (Wildman–Crippen LogP) is 13.5. The number of hydrogen-bond donors (Lipinski definition) is 0. The van der Waals surface area contributed by atoms with E-state index in [1.807, 2.05) is 115 Å². The van der Waals surface area contributed by atoms with Gasteiger partial charge in [0, 0.05) is 27.5 Å². The van der Waals surface area contributed by atoms with E-state index < -0.39 is 0 Å². The molecule has 0 aliphatic carbocycles. The molecule has 1 heterocycles. The first-order valence-corrected chi connectivity index (χ1v) is 20.1. The van der Waals surface area contributed by atoms with Crippen LogP contribution in [0, 0.1) is 34.0 Å². The van der Waals surface area contributed by atoms with E-state index in [1.165, 1.54) is 0 Å². The molecule has 286 valence electrons. The van der Waals surface area contributed by atoms with Crippen LogP contribution in [0.15, 0.2) is 194 Å². The monoisotopic (exact) mass is 788 g/mol. The number of fused-ring (bicyclic) bond motifs is 2. The maximum absolute atomic E-state index is 10.0. The van der Waals surface area contributed by atoms with E-state index in [0.29, 0.717) is 34.2 Å². The largest absolute Gasteiger partial charge is 0.208 e. The second-order valence-corrected chi connectivity index (χ2v) is 14.9. The average Bonchev–Trinajstić information content (AvgIpc) is 3.36. The fraction of sp³-hybridized carbons (Fsp3) is 0. The second-order valence-electron chi connectivity index (χ2n) is 14.9. The van der Waals surface area contributed by atoms with Gasteiger partial charge in [0.1, 0.15) is 0 Å². The number of benzene rings is 9. The number of nitriles is 3. The molecule has 6 heteroatoms. The van der Waals surface area contributed by atoms with E-state index >= 15 is 0 Å². The van der Waals surface area contributed by atoms with Crippen LogP contribution in [-0.4, -0.2) is 15.0 Å². The Hall–Kier alpha value is -9.02. The topological polar surface area (TPSA) is 110 Å². The highest BCUT2D eigenvalue weighted by Crippen LogP contribution is 2.42. The maximum atomic E-state index is 10.0. The molecule has 9 aromatic carbocycles. The Kier molecular flexibility index (Phi) is 9.60. The highest BCUT2D eigenvalue weighted by Gasteiger charge is 2.18. The van der Waals surface area contributed by atoms with Gasteiger partial charge >= 0.3 is 0 Å². The van der Waals surface area contributed by atoms with E-state index in [9.17, 15) is 15.8 Å². The molecule has 0 aliphatic heterocycles. The van der Waals surface area contributed by atoms with Crippen molar-refractivity contribution in [3.8, 4) is 96.9 Å². The van der Waals surface area contributed by atoms with Crippen molar-refractivity contribution >= 4 is 21.5 Å². The van der Waals surface area contributed by atoms with Crippen molar-refractivity contribution in [2.24, 2.45) is 0 Å². The number of rotatable bonds is 7. The van der Waals surface area contributed by atoms with Crippen LogP contribution in [0.25, 0.3) is 100 Å². The van der Waals surface area contributed by atoms with Crippen molar-refractivity contribution in [3.05, 3.63) is 211 Å². The summed E-state index contributed by atoms with van der Waals surface area (Å²) < 4.78 is 0. The molecule has 10 aromatic rings. The fourth-order valence-corrected chi connectivity index (χ4v) is 8.16. The summed E-state index contributed by atoms with van der Waals surface area (Å²) in [4.78, 5) is 14.9. The summed E-state index contributed by atoms with van der Waals surface area (Å²) in [6, 6.07) is 71.3. The molecule has 0 fully saturated rings. The van der Waals surface area contributed by atoms with Gasteiger partial charge in [-0.1, -0.05) is 152 Å². The van der Waals surface area contributed by atoms with Crippen LogP contribution in [0.1, 0.15) is 16.7 Å². The minimum absolute atomic E-state index is 0.510. The third-order valence-electron chi connectivity index (χ3n) is 11.3. The van der Waals surface area contributed by atoms with Gasteiger partial charge in [-0.2, -0.15) is 15.8 Å². The summed E-state index contributed by atoms with van der Waals surface area (Å²) >= 11 is 0. The molecular weight excluding hydrogens is 757 g/mol. The lowest BCUT2D eigenvalue weighted by molar-refractivity contribution is 1.07. The molecule has 10 rings (SSSR count). The van der Waals surface area contributed by atoms with Crippen molar-refractivity contribution in [2.45, 2.75) is 0 Å². The smallest absolute Gasteiger partial charge is 0.164 e. The van der Waals surface area contributed by atoms with Crippen LogP contribution in [0.4, 0.5) is 0 Å². The summed E-state index contributed by atoms with van der Waals surface area (Å²) in [5.74, 6) is 1.58. The Morgan fingerprint density at radius 1 is 0.274 bits per heavy atom. The number of nitrogens with zero attached hydrogens (tertiary/aromatic N) is 6. The molecule has 1 aromatic heterocycles. The van der Waals surface area contributed by atoms with Gasteiger partial charge in [-0.25, -0.2) is 15.0 Å². The molecule has 0 radical (unpaired) electrons. The van der Waals surface area contributed by atoms with Crippen LogP contribution in [-0.2, 0) is 0 Å². The highest BCUT2D eigenvalue weighted by molar-refractivity contribution is 6.07. The van der Waals surface area contributed by atoms with Crippen molar-refractivity contribution in [3.63, 3.8) is 0 Å². The molecule has 0 saturated heterocycles. The minimum atomic E-state index is 0.510. The standard InChI is InChI=1S/C56H32N6/c57-33-36-14-16-40(17-15-36)54-60-55(41-22-18-38(19-23-41)37-8-2-1-3-9-37)62-56(61-54)42-24-20-39(21-25-42)43-26-29-52(50-30-27-44(34-58)46-10-4-6-12-48(46)50)53(32-43)51-31-28-45(35-59)47-11-5-7-13-49(47)51/h1-32H. The predicted molar refractivity (Wildman–Crippen MR) is 247 cm³/mol. The normalized spacial score (nSPS) is 10.9. The molecule has 0 N–H and O–H groups in total. The molecular formula is C56H32N6. The van der Waals surface area contributed by atoms with Gasteiger partial charge in [0.2, 0.25) is 0 Å². The van der Waals surface area contributed by atoms with Gasteiger partial charge in [0.05, 0.1) is 34.9 Å². The first kappa shape index (κ1) is 37.3. The summed E-state index contributed by atoms with van der Waals surface area (Å²) in [7, 11) is 0.